The molecule has 1 aromatic heterocycles. The number of hydrogen-bond acceptors (Lipinski definition) is 4. The maximum atomic E-state index is 5.97. The summed E-state index contributed by atoms with van der Waals surface area (Å²) < 4.78 is 1.70. The Bertz CT molecular complexity index is 575. The molecule has 1 heterocycles. The van der Waals surface area contributed by atoms with Crippen LogP contribution >= 0.6 is 0 Å². The van der Waals surface area contributed by atoms with Gasteiger partial charge in [0.2, 0.25) is 11.9 Å². The van der Waals surface area contributed by atoms with Crippen LogP contribution in [0.4, 0.5) is 11.9 Å². The van der Waals surface area contributed by atoms with Crippen molar-refractivity contribution in [3.8, 4) is 5.69 Å². The zero-order valence-electron chi connectivity index (χ0n) is 12.2. The van der Waals surface area contributed by atoms with Crippen LogP contribution in [0.25, 0.3) is 5.69 Å². The van der Waals surface area contributed by atoms with Crippen molar-refractivity contribution < 1.29 is 0 Å². The Labute approximate surface area is 113 Å². The van der Waals surface area contributed by atoms with Crippen molar-refractivity contribution in [3.05, 3.63) is 28.8 Å². The van der Waals surface area contributed by atoms with Gasteiger partial charge in [0.25, 0.3) is 0 Å². The molecule has 0 unspecified atom stereocenters. The van der Waals surface area contributed by atoms with Crippen molar-refractivity contribution in [2.75, 3.05) is 11.1 Å². The zero-order chi connectivity index (χ0) is 14.2. The number of nitrogens with one attached hydrogen (secondary N) is 1. The van der Waals surface area contributed by atoms with E-state index in [9.17, 15) is 0 Å². The van der Waals surface area contributed by atoms with E-state index in [2.05, 4.69) is 48.3 Å². The fourth-order valence-corrected chi connectivity index (χ4v) is 2.31. The van der Waals surface area contributed by atoms with Gasteiger partial charge in [-0.15, -0.1) is 5.10 Å². The highest BCUT2D eigenvalue weighted by Gasteiger charge is 2.13. The fraction of sp³-hybridized carbons (Fsp3) is 0.429. The third kappa shape index (κ3) is 2.70. The molecule has 0 fully saturated rings. The molecule has 0 saturated carbocycles. The number of aryl methyl sites for hydroxylation is 3. The average molecular weight is 259 g/mol. The minimum atomic E-state index is 0.274. The summed E-state index contributed by atoms with van der Waals surface area (Å²) in [6, 6.07) is 4.52. The number of nitrogens with two attached hydrogens (primary N) is 1. The molecule has 0 saturated heterocycles. The number of nitrogens with zero attached hydrogens (tertiary/aromatic N) is 3. The first-order valence-electron chi connectivity index (χ1n) is 6.45. The molecule has 19 heavy (non-hydrogen) atoms. The Kier molecular flexibility index (Phi) is 3.46. The third-order valence-electron chi connectivity index (χ3n) is 2.90. The molecular weight excluding hydrogens is 238 g/mol. The lowest BCUT2D eigenvalue weighted by molar-refractivity contribution is 0.842. The van der Waals surface area contributed by atoms with E-state index >= 15 is 0 Å². The van der Waals surface area contributed by atoms with Crippen LogP contribution in [0.2, 0.25) is 0 Å². The van der Waals surface area contributed by atoms with Crippen molar-refractivity contribution in [1.29, 1.82) is 0 Å². The number of benzene rings is 1. The molecule has 2 rings (SSSR count). The normalized spacial score (nSPS) is 11.1. The lowest BCUT2D eigenvalue weighted by atomic mass is 10.1. The Morgan fingerprint density at radius 1 is 1.16 bits per heavy atom. The van der Waals surface area contributed by atoms with Gasteiger partial charge in [0.05, 0.1) is 5.69 Å². The van der Waals surface area contributed by atoms with Crippen LogP contribution in [0.3, 0.4) is 0 Å². The molecular formula is C14H21N5. The van der Waals surface area contributed by atoms with Gasteiger partial charge in [-0.2, -0.15) is 9.67 Å². The van der Waals surface area contributed by atoms with Crippen molar-refractivity contribution in [2.45, 2.75) is 40.7 Å². The summed E-state index contributed by atoms with van der Waals surface area (Å²) in [5.74, 6) is 0.963. The van der Waals surface area contributed by atoms with Gasteiger partial charge in [0.15, 0.2) is 0 Å². The summed E-state index contributed by atoms with van der Waals surface area (Å²) >= 11 is 0. The molecule has 5 nitrogen and oxygen atoms in total. The van der Waals surface area contributed by atoms with Crippen molar-refractivity contribution in [1.82, 2.24) is 14.8 Å². The standard InChI is InChI=1S/C14H21N5/c1-8(2)16-14-17-13(15)19(18-14)12-10(4)6-9(3)7-11(12)5/h6-8H,1-5H3,(H3,15,16,17,18). The van der Waals surface area contributed by atoms with Crippen LogP contribution in [0.5, 0.6) is 0 Å². The second-order valence-electron chi connectivity index (χ2n) is 5.25. The van der Waals surface area contributed by atoms with E-state index in [1.54, 1.807) is 4.68 Å². The molecule has 0 spiro atoms. The lowest BCUT2D eigenvalue weighted by Crippen LogP contribution is -2.11. The van der Waals surface area contributed by atoms with Crippen molar-refractivity contribution >= 4 is 11.9 Å². The number of aromatic nitrogens is 3. The van der Waals surface area contributed by atoms with Gasteiger partial charge in [-0.1, -0.05) is 17.7 Å². The lowest BCUT2D eigenvalue weighted by Gasteiger charge is -2.11. The van der Waals surface area contributed by atoms with Crippen LogP contribution in [0, 0.1) is 20.8 Å². The van der Waals surface area contributed by atoms with E-state index in [1.165, 1.54) is 5.56 Å². The maximum Gasteiger partial charge on any atom is 0.244 e. The zero-order valence-corrected chi connectivity index (χ0v) is 12.2. The van der Waals surface area contributed by atoms with Gasteiger partial charge in [-0.25, -0.2) is 0 Å². The molecule has 0 aliphatic rings. The molecule has 2 aromatic rings. The molecule has 0 amide bonds. The van der Waals surface area contributed by atoms with Crippen LogP contribution < -0.4 is 11.1 Å². The summed E-state index contributed by atoms with van der Waals surface area (Å²) in [6.45, 7) is 10.3. The van der Waals surface area contributed by atoms with E-state index in [0.29, 0.717) is 11.9 Å². The highest BCUT2D eigenvalue weighted by molar-refractivity contribution is 5.52. The maximum absolute atomic E-state index is 5.97. The van der Waals surface area contributed by atoms with Gasteiger partial charge < -0.3 is 11.1 Å². The summed E-state index contributed by atoms with van der Waals surface area (Å²) in [7, 11) is 0. The van der Waals surface area contributed by atoms with Gasteiger partial charge in [-0.05, 0) is 45.7 Å². The van der Waals surface area contributed by atoms with Crippen LogP contribution in [0.15, 0.2) is 12.1 Å². The summed E-state index contributed by atoms with van der Waals surface area (Å²) in [4.78, 5) is 4.25. The third-order valence-corrected chi connectivity index (χ3v) is 2.90. The van der Waals surface area contributed by atoms with E-state index in [-0.39, 0.29) is 6.04 Å². The van der Waals surface area contributed by atoms with Crippen molar-refractivity contribution in [2.24, 2.45) is 0 Å². The van der Waals surface area contributed by atoms with Crippen LogP contribution in [0.1, 0.15) is 30.5 Å². The second-order valence-corrected chi connectivity index (χ2v) is 5.25. The molecule has 0 radical (unpaired) electrons. The molecule has 0 atom stereocenters. The van der Waals surface area contributed by atoms with E-state index < -0.39 is 0 Å². The highest BCUT2D eigenvalue weighted by atomic mass is 15.4. The van der Waals surface area contributed by atoms with Gasteiger partial charge in [0, 0.05) is 6.04 Å². The first-order valence-corrected chi connectivity index (χ1v) is 6.45. The molecule has 0 aliphatic carbocycles. The van der Waals surface area contributed by atoms with Gasteiger partial charge in [-0.3, -0.25) is 0 Å². The predicted octanol–water partition coefficient (Wildman–Crippen LogP) is 2.60. The SMILES string of the molecule is Cc1cc(C)c(-n2nc(NC(C)C)nc2N)c(C)c1. The Balaban J connectivity index is 2.50. The minimum Gasteiger partial charge on any atom is -0.368 e. The van der Waals surface area contributed by atoms with Gasteiger partial charge >= 0.3 is 0 Å². The monoisotopic (exact) mass is 259 g/mol. The van der Waals surface area contributed by atoms with Gasteiger partial charge in [0.1, 0.15) is 0 Å². The summed E-state index contributed by atoms with van der Waals surface area (Å²) in [5.41, 5.74) is 10.5. The summed E-state index contributed by atoms with van der Waals surface area (Å²) in [5, 5.41) is 7.60. The Hall–Kier alpha value is -2.04. The number of rotatable bonds is 3. The van der Waals surface area contributed by atoms with Crippen LogP contribution in [-0.4, -0.2) is 20.8 Å². The first-order chi connectivity index (χ1) is 8.88. The highest BCUT2D eigenvalue weighted by Crippen LogP contribution is 2.23. The molecule has 5 heteroatoms. The number of nitrogen functional groups attached to an aromatic ring is 1. The Morgan fingerprint density at radius 3 is 2.26 bits per heavy atom. The first kappa shape index (κ1) is 13.4. The van der Waals surface area contributed by atoms with E-state index in [4.69, 9.17) is 5.73 Å². The molecule has 3 N–H and O–H groups in total. The largest absolute Gasteiger partial charge is 0.368 e. The van der Waals surface area contributed by atoms with Crippen LogP contribution in [-0.2, 0) is 0 Å². The predicted molar refractivity (Wildman–Crippen MR) is 78.7 cm³/mol. The van der Waals surface area contributed by atoms with Crippen molar-refractivity contribution in [3.63, 3.8) is 0 Å². The molecule has 102 valence electrons. The minimum absolute atomic E-state index is 0.274. The topological polar surface area (TPSA) is 68.8 Å². The quantitative estimate of drug-likeness (QED) is 0.889. The fourth-order valence-electron chi connectivity index (χ4n) is 2.31. The summed E-state index contributed by atoms with van der Waals surface area (Å²) in [6.07, 6.45) is 0. The molecule has 0 aliphatic heterocycles. The Morgan fingerprint density at radius 2 is 1.74 bits per heavy atom. The second kappa shape index (κ2) is 4.91. The number of anilines is 2. The van der Waals surface area contributed by atoms with E-state index in [0.717, 1.165) is 16.8 Å². The smallest absolute Gasteiger partial charge is 0.244 e. The molecule has 0 bridgehead atoms. The average Bonchev–Trinajstić information content (AvgIpc) is 2.57. The number of hydrogen-bond donors (Lipinski definition) is 2. The van der Waals surface area contributed by atoms with E-state index in [1.807, 2.05) is 13.8 Å². The molecule has 1 aromatic carbocycles.